The van der Waals surface area contributed by atoms with Crippen molar-refractivity contribution in [3.8, 4) is 0 Å². The Morgan fingerprint density at radius 1 is 1.38 bits per heavy atom. The van der Waals surface area contributed by atoms with Gasteiger partial charge in [0, 0.05) is 18.2 Å². The summed E-state index contributed by atoms with van der Waals surface area (Å²) in [5.41, 5.74) is 1.32. The van der Waals surface area contributed by atoms with Gasteiger partial charge < -0.3 is 5.32 Å². The van der Waals surface area contributed by atoms with Gasteiger partial charge in [0.1, 0.15) is 0 Å². The maximum Gasteiger partial charge on any atom is 0.175 e. The smallest absolute Gasteiger partial charge is 0.175 e. The molecule has 1 aliphatic rings. The second-order valence-corrected chi connectivity index (χ2v) is 6.63. The Morgan fingerprint density at radius 2 is 2.06 bits per heavy atom. The molecule has 0 saturated heterocycles. The predicted octanol–water partition coefficient (Wildman–Crippen LogP) is 1.34. The van der Waals surface area contributed by atoms with Gasteiger partial charge in [-0.15, -0.1) is 0 Å². The summed E-state index contributed by atoms with van der Waals surface area (Å²) in [6, 6.07) is 7.34. The molecule has 1 fully saturated rings. The summed E-state index contributed by atoms with van der Waals surface area (Å²) in [6.07, 6.45) is 3.53. The number of sulfone groups is 1. The van der Waals surface area contributed by atoms with Crippen LogP contribution >= 0.6 is 0 Å². The quantitative estimate of drug-likeness (QED) is 0.862. The molecule has 3 nitrogen and oxygen atoms in total. The second-order valence-electron chi connectivity index (χ2n) is 4.61. The largest absolute Gasteiger partial charge is 0.319 e. The third-order valence-electron chi connectivity index (χ3n) is 3.24. The number of benzene rings is 1. The maximum atomic E-state index is 11.5. The van der Waals surface area contributed by atoms with Gasteiger partial charge in [0.2, 0.25) is 0 Å². The monoisotopic (exact) mass is 239 g/mol. The highest BCUT2D eigenvalue weighted by Crippen LogP contribution is 2.47. The fraction of sp³-hybridized carbons (Fsp3) is 0.500. The summed E-state index contributed by atoms with van der Waals surface area (Å²) >= 11 is 0. The molecule has 0 spiro atoms. The molecule has 16 heavy (non-hydrogen) atoms. The van der Waals surface area contributed by atoms with E-state index in [1.807, 2.05) is 25.2 Å². The lowest BCUT2D eigenvalue weighted by molar-refractivity contribution is 0.599. The lowest BCUT2D eigenvalue weighted by atomic mass is 9.96. The van der Waals surface area contributed by atoms with E-state index in [1.165, 1.54) is 6.26 Å². The van der Waals surface area contributed by atoms with Crippen LogP contribution in [0.15, 0.2) is 29.2 Å². The lowest BCUT2D eigenvalue weighted by Gasteiger charge is -2.15. The van der Waals surface area contributed by atoms with Gasteiger partial charge in [0.05, 0.1) is 4.90 Å². The van der Waals surface area contributed by atoms with Crippen molar-refractivity contribution in [3.05, 3.63) is 29.8 Å². The van der Waals surface area contributed by atoms with Crippen molar-refractivity contribution in [2.75, 3.05) is 19.8 Å². The first kappa shape index (κ1) is 11.6. The van der Waals surface area contributed by atoms with Crippen LogP contribution in [0.1, 0.15) is 18.4 Å². The molecule has 0 atom stereocenters. The van der Waals surface area contributed by atoms with E-state index < -0.39 is 9.84 Å². The Hall–Kier alpha value is -0.870. The SMILES string of the molecule is CNCC1(c2cccc(S(C)(=O)=O)c2)CC1. The van der Waals surface area contributed by atoms with Crippen molar-refractivity contribution in [1.29, 1.82) is 0 Å². The zero-order chi connectivity index (χ0) is 11.8. The number of hydrogen-bond acceptors (Lipinski definition) is 3. The minimum absolute atomic E-state index is 0.176. The first-order valence-electron chi connectivity index (χ1n) is 5.43. The lowest BCUT2D eigenvalue weighted by Crippen LogP contribution is -2.23. The molecule has 1 saturated carbocycles. The zero-order valence-corrected chi connectivity index (χ0v) is 10.5. The van der Waals surface area contributed by atoms with Crippen LogP contribution in [0.4, 0.5) is 0 Å². The van der Waals surface area contributed by atoms with E-state index in [0.29, 0.717) is 4.90 Å². The Bertz CT molecular complexity index is 489. The summed E-state index contributed by atoms with van der Waals surface area (Å²) in [5.74, 6) is 0. The van der Waals surface area contributed by atoms with E-state index in [1.54, 1.807) is 6.07 Å². The number of hydrogen-bond donors (Lipinski definition) is 1. The molecule has 2 rings (SSSR count). The number of nitrogens with one attached hydrogen (secondary N) is 1. The van der Waals surface area contributed by atoms with E-state index in [0.717, 1.165) is 24.9 Å². The van der Waals surface area contributed by atoms with Crippen molar-refractivity contribution in [1.82, 2.24) is 5.32 Å². The highest BCUT2D eigenvalue weighted by Gasteiger charge is 2.43. The van der Waals surface area contributed by atoms with Gasteiger partial charge >= 0.3 is 0 Å². The Kier molecular flexibility index (Phi) is 2.80. The zero-order valence-electron chi connectivity index (χ0n) is 9.66. The van der Waals surface area contributed by atoms with Crippen LogP contribution in [0.25, 0.3) is 0 Å². The summed E-state index contributed by atoms with van der Waals surface area (Å²) in [5, 5.41) is 3.18. The fourth-order valence-corrected chi connectivity index (χ4v) is 2.78. The molecule has 0 heterocycles. The molecule has 1 N–H and O–H groups in total. The van der Waals surface area contributed by atoms with E-state index >= 15 is 0 Å². The van der Waals surface area contributed by atoms with Crippen molar-refractivity contribution < 1.29 is 8.42 Å². The molecule has 1 aliphatic carbocycles. The average molecular weight is 239 g/mol. The highest BCUT2D eigenvalue weighted by molar-refractivity contribution is 7.90. The first-order chi connectivity index (χ1) is 7.48. The van der Waals surface area contributed by atoms with Crippen molar-refractivity contribution in [2.24, 2.45) is 0 Å². The van der Waals surface area contributed by atoms with Crippen LogP contribution in [-0.2, 0) is 15.3 Å². The minimum atomic E-state index is -3.09. The van der Waals surface area contributed by atoms with E-state index in [9.17, 15) is 8.42 Å². The molecule has 1 aromatic carbocycles. The molecular formula is C12H17NO2S. The maximum absolute atomic E-state index is 11.5. The summed E-state index contributed by atoms with van der Waals surface area (Å²) in [6.45, 7) is 0.917. The fourth-order valence-electron chi connectivity index (χ4n) is 2.11. The van der Waals surface area contributed by atoms with Gasteiger partial charge in [-0.2, -0.15) is 0 Å². The van der Waals surface area contributed by atoms with Crippen molar-refractivity contribution >= 4 is 9.84 Å². The molecule has 0 amide bonds. The van der Waals surface area contributed by atoms with Gasteiger partial charge in [0.15, 0.2) is 9.84 Å². The summed E-state index contributed by atoms with van der Waals surface area (Å²) in [7, 11) is -1.16. The van der Waals surface area contributed by atoms with Crippen LogP contribution < -0.4 is 5.32 Å². The molecule has 1 aromatic rings. The third-order valence-corrected chi connectivity index (χ3v) is 4.35. The summed E-state index contributed by atoms with van der Waals surface area (Å²) < 4.78 is 22.9. The molecule has 0 aliphatic heterocycles. The number of likely N-dealkylation sites (N-methyl/N-ethyl adjacent to an activating group) is 1. The van der Waals surface area contributed by atoms with E-state index in [4.69, 9.17) is 0 Å². The number of rotatable bonds is 4. The Balaban J connectivity index is 2.37. The van der Waals surface area contributed by atoms with Crippen LogP contribution in [0.2, 0.25) is 0 Å². The van der Waals surface area contributed by atoms with Crippen LogP contribution in [0.5, 0.6) is 0 Å². The molecular weight excluding hydrogens is 222 g/mol. The van der Waals surface area contributed by atoms with Gasteiger partial charge in [-0.05, 0) is 37.6 Å². The van der Waals surface area contributed by atoms with Crippen LogP contribution in [-0.4, -0.2) is 28.3 Å². The first-order valence-corrected chi connectivity index (χ1v) is 7.32. The summed E-state index contributed by atoms with van der Waals surface area (Å²) in [4.78, 5) is 0.423. The molecule has 0 unspecified atom stereocenters. The standard InChI is InChI=1S/C12H17NO2S/c1-13-9-12(6-7-12)10-4-3-5-11(8-10)16(2,14)15/h3-5,8,13H,6-7,9H2,1-2H3. The van der Waals surface area contributed by atoms with E-state index in [2.05, 4.69) is 5.32 Å². The Morgan fingerprint density at radius 3 is 2.56 bits per heavy atom. The van der Waals surface area contributed by atoms with Gasteiger partial charge in [0.25, 0.3) is 0 Å². The van der Waals surface area contributed by atoms with Gasteiger partial charge in [-0.1, -0.05) is 12.1 Å². The normalized spacial score (nSPS) is 18.4. The van der Waals surface area contributed by atoms with E-state index in [-0.39, 0.29) is 5.41 Å². The third kappa shape index (κ3) is 2.13. The van der Waals surface area contributed by atoms with Crippen LogP contribution in [0.3, 0.4) is 0 Å². The second kappa shape index (κ2) is 3.86. The topological polar surface area (TPSA) is 46.2 Å². The molecule has 0 radical (unpaired) electrons. The van der Waals surface area contributed by atoms with Crippen molar-refractivity contribution in [3.63, 3.8) is 0 Å². The highest BCUT2D eigenvalue weighted by atomic mass is 32.2. The molecule has 0 bridgehead atoms. The molecule has 4 heteroatoms. The van der Waals surface area contributed by atoms with Gasteiger partial charge in [-0.25, -0.2) is 8.42 Å². The minimum Gasteiger partial charge on any atom is -0.319 e. The van der Waals surface area contributed by atoms with Crippen LogP contribution in [0, 0.1) is 0 Å². The average Bonchev–Trinajstić information content (AvgIpc) is 2.99. The molecule has 0 aromatic heterocycles. The predicted molar refractivity (Wildman–Crippen MR) is 64.4 cm³/mol. The van der Waals surface area contributed by atoms with Crippen molar-refractivity contribution in [2.45, 2.75) is 23.2 Å². The molecule has 88 valence electrons. The Labute approximate surface area is 96.8 Å². The van der Waals surface area contributed by atoms with Gasteiger partial charge in [-0.3, -0.25) is 0 Å².